The maximum absolute atomic E-state index is 10.4. The van der Waals surface area contributed by atoms with E-state index in [0.717, 1.165) is 14.5 Å². The lowest BCUT2D eigenvalue weighted by atomic mass is 9.94. The molecule has 0 amide bonds. The molecule has 1 atom stereocenters. The molecule has 2 rings (SSSR count). The second kappa shape index (κ2) is 4.96. The molecule has 1 N–H and O–H groups in total. The molecule has 17 heavy (non-hydrogen) atoms. The topological polar surface area (TPSA) is 33.4 Å². The summed E-state index contributed by atoms with van der Waals surface area (Å²) in [6.07, 6.45) is 2.07. The first kappa shape index (κ1) is 12.9. The van der Waals surface area contributed by atoms with Crippen LogP contribution in [0.3, 0.4) is 0 Å². The van der Waals surface area contributed by atoms with Crippen LogP contribution in [0.1, 0.15) is 18.2 Å². The monoisotopic (exact) mass is 358 g/mol. The van der Waals surface area contributed by atoms with Gasteiger partial charge in [-0.2, -0.15) is 0 Å². The number of hydrogen-bond acceptors (Lipinski definition) is 2. The summed E-state index contributed by atoms with van der Waals surface area (Å²) < 4.78 is 7.14. The largest absolute Gasteiger partial charge is 0.465 e. The quantitative estimate of drug-likeness (QED) is 0.888. The first-order chi connectivity index (χ1) is 7.99. The Morgan fingerprint density at radius 3 is 2.35 bits per heavy atom. The summed E-state index contributed by atoms with van der Waals surface area (Å²) in [7, 11) is 0. The summed E-state index contributed by atoms with van der Waals surface area (Å²) in [5.41, 5.74) is 0.0392. The van der Waals surface area contributed by atoms with E-state index in [2.05, 4.69) is 31.9 Å². The van der Waals surface area contributed by atoms with Crippen LogP contribution < -0.4 is 0 Å². The van der Waals surface area contributed by atoms with Gasteiger partial charge >= 0.3 is 0 Å². The van der Waals surface area contributed by atoms with Crippen molar-refractivity contribution in [3.63, 3.8) is 0 Å². The smallest absolute Gasteiger partial charge is 0.149 e. The van der Waals surface area contributed by atoms with Crippen LogP contribution in [-0.2, 0) is 12.0 Å². The van der Waals surface area contributed by atoms with Crippen LogP contribution in [0.5, 0.6) is 0 Å². The molecule has 1 aromatic heterocycles. The van der Waals surface area contributed by atoms with Crippen LogP contribution in [0.25, 0.3) is 0 Å². The van der Waals surface area contributed by atoms with Crippen LogP contribution >= 0.6 is 31.9 Å². The standard InChI is InChI=1S/C13H12Br2O2/c1-13(16,12-11(15)6-7-17-12)8-9-2-4-10(14)5-3-9/h2-7,16H,8H2,1H3. The minimum atomic E-state index is -1.02. The van der Waals surface area contributed by atoms with E-state index in [1.54, 1.807) is 19.3 Å². The van der Waals surface area contributed by atoms with Crippen molar-refractivity contribution in [2.45, 2.75) is 18.9 Å². The molecule has 2 nitrogen and oxygen atoms in total. The predicted octanol–water partition coefficient (Wildman–Crippen LogP) is 4.25. The first-order valence-corrected chi connectivity index (χ1v) is 6.78. The number of benzene rings is 1. The molecule has 0 fully saturated rings. The van der Waals surface area contributed by atoms with Gasteiger partial charge in [-0.05, 0) is 46.6 Å². The lowest BCUT2D eigenvalue weighted by Gasteiger charge is -2.21. The van der Waals surface area contributed by atoms with Crippen LogP contribution in [0.2, 0.25) is 0 Å². The predicted molar refractivity (Wildman–Crippen MR) is 73.8 cm³/mol. The lowest BCUT2D eigenvalue weighted by Crippen LogP contribution is -2.24. The summed E-state index contributed by atoms with van der Waals surface area (Å²) in [6, 6.07) is 9.67. The van der Waals surface area contributed by atoms with Crippen LogP contribution in [0.15, 0.2) is 50.0 Å². The molecule has 0 spiro atoms. The molecule has 0 aliphatic rings. The highest BCUT2D eigenvalue weighted by Gasteiger charge is 2.29. The lowest BCUT2D eigenvalue weighted by molar-refractivity contribution is 0.0335. The van der Waals surface area contributed by atoms with Gasteiger partial charge in [-0.15, -0.1) is 0 Å². The third kappa shape index (κ3) is 3.00. The maximum atomic E-state index is 10.4. The summed E-state index contributed by atoms with van der Waals surface area (Å²) >= 11 is 6.75. The van der Waals surface area contributed by atoms with Crippen LogP contribution in [0.4, 0.5) is 0 Å². The average Bonchev–Trinajstić information content (AvgIpc) is 2.68. The van der Waals surface area contributed by atoms with E-state index in [0.29, 0.717) is 12.2 Å². The van der Waals surface area contributed by atoms with Crippen molar-refractivity contribution in [1.82, 2.24) is 0 Å². The van der Waals surface area contributed by atoms with E-state index in [4.69, 9.17) is 4.42 Å². The third-order valence-corrected chi connectivity index (χ3v) is 3.72. The fourth-order valence-electron chi connectivity index (χ4n) is 1.76. The molecule has 0 aliphatic heterocycles. The molecule has 1 aromatic carbocycles. The van der Waals surface area contributed by atoms with Gasteiger partial charge in [-0.25, -0.2) is 0 Å². The summed E-state index contributed by atoms with van der Waals surface area (Å²) in [5, 5.41) is 10.4. The molecule has 2 aromatic rings. The first-order valence-electron chi connectivity index (χ1n) is 5.19. The molecule has 0 bridgehead atoms. The van der Waals surface area contributed by atoms with Crippen molar-refractivity contribution >= 4 is 31.9 Å². The van der Waals surface area contributed by atoms with Crippen molar-refractivity contribution < 1.29 is 9.52 Å². The Kier molecular flexibility index (Phi) is 3.76. The van der Waals surface area contributed by atoms with E-state index < -0.39 is 5.60 Å². The minimum Gasteiger partial charge on any atom is -0.465 e. The molecule has 4 heteroatoms. The molecule has 1 unspecified atom stereocenters. The van der Waals surface area contributed by atoms with E-state index >= 15 is 0 Å². The number of aliphatic hydroxyl groups is 1. The maximum Gasteiger partial charge on any atom is 0.149 e. The zero-order valence-corrected chi connectivity index (χ0v) is 12.5. The zero-order chi connectivity index (χ0) is 12.5. The van der Waals surface area contributed by atoms with Crippen molar-refractivity contribution in [2.75, 3.05) is 0 Å². The highest BCUT2D eigenvalue weighted by atomic mass is 79.9. The Bertz CT molecular complexity index is 500. The second-order valence-electron chi connectivity index (χ2n) is 4.17. The molecular weight excluding hydrogens is 348 g/mol. The van der Waals surface area contributed by atoms with Gasteiger partial charge in [0.2, 0.25) is 0 Å². The van der Waals surface area contributed by atoms with Gasteiger partial charge in [-0.3, -0.25) is 0 Å². The molecule has 90 valence electrons. The molecule has 0 aliphatic carbocycles. The molecule has 1 heterocycles. The molecule has 0 saturated heterocycles. The van der Waals surface area contributed by atoms with E-state index in [-0.39, 0.29) is 0 Å². The van der Waals surface area contributed by atoms with Gasteiger partial charge in [0.15, 0.2) is 0 Å². The van der Waals surface area contributed by atoms with Gasteiger partial charge < -0.3 is 9.52 Å². The molecule has 0 radical (unpaired) electrons. The van der Waals surface area contributed by atoms with Crippen LogP contribution in [-0.4, -0.2) is 5.11 Å². The number of rotatable bonds is 3. The van der Waals surface area contributed by atoms with Gasteiger partial charge in [0.25, 0.3) is 0 Å². The van der Waals surface area contributed by atoms with Crippen molar-refractivity contribution in [1.29, 1.82) is 0 Å². The van der Waals surface area contributed by atoms with Crippen molar-refractivity contribution in [3.05, 3.63) is 56.9 Å². The van der Waals surface area contributed by atoms with E-state index in [1.807, 2.05) is 24.3 Å². The van der Waals surface area contributed by atoms with Crippen molar-refractivity contribution in [2.24, 2.45) is 0 Å². The zero-order valence-electron chi connectivity index (χ0n) is 9.28. The fourth-order valence-corrected chi connectivity index (χ4v) is 2.65. The SMILES string of the molecule is CC(O)(Cc1ccc(Br)cc1)c1occc1Br. The van der Waals surface area contributed by atoms with Gasteiger partial charge in [0, 0.05) is 10.9 Å². The van der Waals surface area contributed by atoms with Crippen molar-refractivity contribution in [3.8, 4) is 0 Å². The number of hydrogen-bond donors (Lipinski definition) is 1. The fraction of sp³-hybridized carbons (Fsp3) is 0.231. The Morgan fingerprint density at radius 2 is 1.82 bits per heavy atom. The number of furan rings is 1. The molecule has 0 saturated carbocycles. The van der Waals surface area contributed by atoms with Gasteiger partial charge in [0.05, 0.1) is 10.7 Å². The Hall–Kier alpha value is -0.580. The average molecular weight is 360 g/mol. The normalized spacial score (nSPS) is 14.6. The Balaban J connectivity index is 2.23. The summed E-state index contributed by atoms with van der Waals surface area (Å²) in [6.45, 7) is 1.75. The Labute approximate surface area is 117 Å². The Morgan fingerprint density at radius 1 is 1.18 bits per heavy atom. The van der Waals surface area contributed by atoms with E-state index in [9.17, 15) is 5.11 Å². The van der Waals surface area contributed by atoms with Gasteiger partial charge in [-0.1, -0.05) is 28.1 Å². The summed E-state index contributed by atoms with van der Waals surface area (Å²) in [4.78, 5) is 0. The third-order valence-electron chi connectivity index (χ3n) is 2.57. The highest BCUT2D eigenvalue weighted by Crippen LogP contribution is 2.32. The second-order valence-corrected chi connectivity index (χ2v) is 5.94. The number of halogens is 2. The molecular formula is C13H12Br2O2. The van der Waals surface area contributed by atoms with Crippen LogP contribution in [0, 0.1) is 0 Å². The van der Waals surface area contributed by atoms with Gasteiger partial charge in [0.1, 0.15) is 11.4 Å². The van der Waals surface area contributed by atoms with E-state index in [1.165, 1.54) is 0 Å². The minimum absolute atomic E-state index is 0.506. The highest BCUT2D eigenvalue weighted by molar-refractivity contribution is 9.10. The summed E-state index contributed by atoms with van der Waals surface area (Å²) in [5.74, 6) is 0.556.